The van der Waals surface area contributed by atoms with E-state index < -0.39 is 0 Å². The number of anilines is 1. The Bertz CT molecular complexity index is 1230. The highest BCUT2D eigenvalue weighted by atomic mass is 32.1. The first-order valence-corrected chi connectivity index (χ1v) is 11.7. The minimum absolute atomic E-state index is 0.0611. The zero-order valence-corrected chi connectivity index (χ0v) is 18.2. The van der Waals surface area contributed by atoms with Gasteiger partial charge in [0.1, 0.15) is 10.7 Å². The second-order valence-electron chi connectivity index (χ2n) is 7.30. The quantitative estimate of drug-likeness (QED) is 0.462. The molecule has 1 aliphatic rings. The third-order valence-electron chi connectivity index (χ3n) is 5.25. The van der Waals surface area contributed by atoms with Crippen LogP contribution in [0, 0.1) is 0 Å². The number of thiazole rings is 1. The molecule has 0 saturated carbocycles. The topological polar surface area (TPSA) is 62.3 Å². The van der Waals surface area contributed by atoms with E-state index in [4.69, 9.17) is 0 Å². The second kappa shape index (κ2) is 8.45. The molecule has 0 bridgehead atoms. The van der Waals surface area contributed by atoms with E-state index in [1.54, 1.807) is 5.38 Å². The zero-order chi connectivity index (χ0) is 21.2. The van der Waals surface area contributed by atoms with Crippen LogP contribution in [0.1, 0.15) is 31.3 Å². The van der Waals surface area contributed by atoms with Crippen molar-refractivity contribution in [3.05, 3.63) is 93.1 Å². The SMILES string of the molecule is O=C(Nc1ccc2c(c1)CN(C(=O)c1cccs1)CC2)c1csc(-c2ccccc2)n1. The van der Waals surface area contributed by atoms with Crippen LogP contribution in [0.15, 0.2) is 71.4 Å². The normalized spacial score (nSPS) is 13.0. The molecular formula is C24H19N3O2S2. The summed E-state index contributed by atoms with van der Waals surface area (Å²) in [6, 6.07) is 19.5. The molecular weight excluding hydrogens is 426 g/mol. The monoisotopic (exact) mass is 445 g/mol. The molecule has 2 aromatic carbocycles. The van der Waals surface area contributed by atoms with Crippen molar-refractivity contribution < 1.29 is 9.59 Å². The van der Waals surface area contributed by atoms with Gasteiger partial charge in [-0.25, -0.2) is 4.98 Å². The van der Waals surface area contributed by atoms with Crippen LogP contribution in [0.25, 0.3) is 10.6 Å². The number of amides is 2. The number of nitrogens with one attached hydrogen (secondary N) is 1. The lowest BCUT2D eigenvalue weighted by Crippen LogP contribution is -2.35. The molecule has 0 unspecified atom stereocenters. The number of aromatic nitrogens is 1. The van der Waals surface area contributed by atoms with E-state index in [9.17, 15) is 9.59 Å². The van der Waals surface area contributed by atoms with Crippen molar-refractivity contribution in [2.45, 2.75) is 13.0 Å². The van der Waals surface area contributed by atoms with Crippen LogP contribution in [0.4, 0.5) is 5.69 Å². The lowest BCUT2D eigenvalue weighted by atomic mass is 9.99. The van der Waals surface area contributed by atoms with Gasteiger partial charge in [0.05, 0.1) is 4.88 Å². The molecule has 3 heterocycles. The lowest BCUT2D eigenvalue weighted by molar-refractivity contribution is 0.0739. The molecule has 0 fully saturated rings. The molecule has 5 nitrogen and oxygen atoms in total. The number of benzene rings is 2. The highest BCUT2D eigenvalue weighted by Gasteiger charge is 2.23. The van der Waals surface area contributed by atoms with E-state index in [0.717, 1.165) is 27.4 Å². The first-order valence-electron chi connectivity index (χ1n) is 9.94. The van der Waals surface area contributed by atoms with Gasteiger partial charge in [0.25, 0.3) is 11.8 Å². The zero-order valence-electron chi connectivity index (χ0n) is 16.6. The number of nitrogens with zero attached hydrogens (tertiary/aromatic N) is 2. The summed E-state index contributed by atoms with van der Waals surface area (Å²) in [6.07, 6.45) is 0.813. The highest BCUT2D eigenvalue weighted by molar-refractivity contribution is 7.13. The Morgan fingerprint density at radius 2 is 1.84 bits per heavy atom. The average Bonchev–Trinajstić information content (AvgIpc) is 3.51. The predicted molar refractivity (Wildman–Crippen MR) is 125 cm³/mol. The fraction of sp³-hybridized carbons (Fsp3) is 0.125. The molecule has 31 heavy (non-hydrogen) atoms. The predicted octanol–water partition coefficient (Wildman–Crippen LogP) is 5.32. The van der Waals surface area contributed by atoms with Crippen LogP contribution in [0.3, 0.4) is 0 Å². The van der Waals surface area contributed by atoms with Crippen LogP contribution >= 0.6 is 22.7 Å². The van der Waals surface area contributed by atoms with Gasteiger partial charge in [-0.05, 0) is 41.1 Å². The van der Waals surface area contributed by atoms with E-state index >= 15 is 0 Å². The van der Waals surface area contributed by atoms with Crippen molar-refractivity contribution in [2.75, 3.05) is 11.9 Å². The van der Waals surface area contributed by atoms with Crippen molar-refractivity contribution in [1.82, 2.24) is 9.88 Å². The number of hydrogen-bond donors (Lipinski definition) is 1. The van der Waals surface area contributed by atoms with E-state index in [0.29, 0.717) is 24.5 Å². The van der Waals surface area contributed by atoms with Gasteiger partial charge in [0.15, 0.2) is 0 Å². The Labute approximate surface area is 188 Å². The molecule has 0 spiro atoms. The fourth-order valence-electron chi connectivity index (χ4n) is 3.65. The molecule has 1 N–H and O–H groups in total. The molecule has 2 amide bonds. The van der Waals surface area contributed by atoms with Crippen molar-refractivity contribution in [2.24, 2.45) is 0 Å². The summed E-state index contributed by atoms with van der Waals surface area (Å²) in [5.41, 5.74) is 4.39. The molecule has 2 aromatic heterocycles. The summed E-state index contributed by atoms with van der Waals surface area (Å²) < 4.78 is 0. The van der Waals surface area contributed by atoms with Gasteiger partial charge in [0, 0.05) is 29.7 Å². The number of fused-ring (bicyclic) bond motifs is 1. The smallest absolute Gasteiger partial charge is 0.275 e. The number of thiophene rings is 1. The van der Waals surface area contributed by atoms with Gasteiger partial charge in [-0.1, -0.05) is 42.5 Å². The highest BCUT2D eigenvalue weighted by Crippen LogP contribution is 2.26. The summed E-state index contributed by atoms with van der Waals surface area (Å²) in [6.45, 7) is 1.25. The van der Waals surface area contributed by atoms with Gasteiger partial charge in [0.2, 0.25) is 0 Å². The minimum Gasteiger partial charge on any atom is -0.333 e. The van der Waals surface area contributed by atoms with Crippen LogP contribution in [0.5, 0.6) is 0 Å². The van der Waals surface area contributed by atoms with Crippen LogP contribution in [-0.2, 0) is 13.0 Å². The van der Waals surface area contributed by atoms with Gasteiger partial charge in [-0.3, -0.25) is 9.59 Å². The Balaban J connectivity index is 1.30. The van der Waals surface area contributed by atoms with E-state index in [1.807, 2.05) is 70.9 Å². The maximum absolute atomic E-state index is 12.7. The molecule has 0 radical (unpaired) electrons. The first-order chi connectivity index (χ1) is 15.2. The maximum atomic E-state index is 12.7. The second-order valence-corrected chi connectivity index (χ2v) is 9.10. The van der Waals surface area contributed by atoms with Crippen molar-refractivity contribution in [1.29, 1.82) is 0 Å². The maximum Gasteiger partial charge on any atom is 0.275 e. The van der Waals surface area contributed by atoms with Crippen LogP contribution in [-0.4, -0.2) is 28.2 Å². The molecule has 1 aliphatic heterocycles. The number of carbonyl (C=O) groups is 2. The van der Waals surface area contributed by atoms with Crippen molar-refractivity contribution >= 4 is 40.2 Å². The Morgan fingerprint density at radius 1 is 0.968 bits per heavy atom. The van der Waals surface area contributed by atoms with E-state index in [1.165, 1.54) is 28.2 Å². The van der Waals surface area contributed by atoms with Gasteiger partial charge < -0.3 is 10.2 Å². The molecule has 7 heteroatoms. The van der Waals surface area contributed by atoms with Crippen LogP contribution in [0.2, 0.25) is 0 Å². The summed E-state index contributed by atoms with van der Waals surface area (Å²) >= 11 is 2.91. The summed E-state index contributed by atoms with van der Waals surface area (Å²) in [5, 5.41) is 7.46. The molecule has 0 aliphatic carbocycles. The lowest BCUT2D eigenvalue weighted by Gasteiger charge is -2.29. The minimum atomic E-state index is -0.235. The summed E-state index contributed by atoms with van der Waals surface area (Å²) in [5.74, 6) is -0.174. The third kappa shape index (κ3) is 4.15. The largest absolute Gasteiger partial charge is 0.333 e. The summed E-state index contributed by atoms with van der Waals surface area (Å²) in [4.78, 5) is 32.5. The first kappa shape index (κ1) is 19.7. The average molecular weight is 446 g/mol. The molecule has 4 aromatic rings. The van der Waals surface area contributed by atoms with E-state index in [2.05, 4.69) is 10.3 Å². The molecule has 5 rings (SSSR count). The van der Waals surface area contributed by atoms with Gasteiger partial charge in [-0.2, -0.15) is 0 Å². The molecule has 0 saturated heterocycles. The number of hydrogen-bond acceptors (Lipinski definition) is 5. The standard InChI is InChI=1S/C24H19N3O2S2/c28-22(20-15-31-23(26-20)17-5-2-1-3-6-17)25-19-9-8-16-10-11-27(14-18(16)13-19)24(29)21-7-4-12-30-21/h1-9,12-13,15H,10-11,14H2,(H,25,28). The van der Waals surface area contributed by atoms with Crippen molar-refractivity contribution in [3.63, 3.8) is 0 Å². The van der Waals surface area contributed by atoms with E-state index in [-0.39, 0.29) is 11.8 Å². The Hall–Kier alpha value is -3.29. The van der Waals surface area contributed by atoms with Gasteiger partial charge >= 0.3 is 0 Å². The van der Waals surface area contributed by atoms with Gasteiger partial charge in [-0.15, -0.1) is 22.7 Å². The Kier molecular flexibility index (Phi) is 5.36. The molecule has 154 valence electrons. The third-order valence-corrected chi connectivity index (χ3v) is 7.00. The van der Waals surface area contributed by atoms with Crippen LogP contribution < -0.4 is 5.32 Å². The summed E-state index contributed by atoms with van der Waals surface area (Å²) in [7, 11) is 0. The number of rotatable bonds is 4. The number of carbonyl (C=O) groups excluding carboxylic acids is 2. The van der Waals surface area contributed by atoms with Crippen molar-refractivity contribution in [3.8, 4) is 10.6 Å². The molecule has 0 atom stereocenters. The fourth-order valence-corrected chi connectivity index (χ4v) is 5.15. The Morgan fingerprint density at radius 3 is 2.65 bits per heavy atom.